The van der Waals surface area contributed by atoms with Crippen molar-refractivity contribution >= 4 is 28.8 Å². The Morgan fingerprint density at radius 1 is 1.07 bits per heavy atom. The summed E-state index contributed by atoms with van der Waals surface area (Å²) < 4.78 is 0. The van der Waals surface area contributed by atoms with Crippen molar-refractivity contribution in [2.45, 2.75) is 38.1 Å². The lowest BCUT2D eigenvalue weighted by Gasteiger charge is -2.34. The molecule has 1 saturated carbocycles. The monoisotopic (exact) mass is 411 g/mol. The Morgan fingerprint density at radius 3 is 2.43 bits per heavy atom. The molecule has 1 aliphatic heterocycles. The largest absolute Gasteiger partial charge is 0.369 e. The van der Waals surface area contributed by atoms with Crippen LogP contribution in [0, 0.1) is 10.1 Å². The molecule has 0 bridgehead atoms. The standard InChI is InChI=1S/C21H29N7O2/c1-26-11-13-27(14-12-26)18-9-7-17(8-10-18)24-21-22-15-19(28(29)30)20(25-21)23-16-5-3-2-4-6-16/h7-10,15-16H,2-6,11-14H2,1H3,(H2,22,23,24,25). The molecule has 0 unspecified atom stereocenters. The molecule has 9 heteroatoms. The number of nitrogens with zero attached hydrogens (tertiary/aromatic N) is 5. The van der Waals surface area contributed by atoms with Crippen LogP contribution in [-0.4, -0.2) is 59.1 Å². The maximum atomic E-state index is 11.4. The maximum Gasteiger partial charge on any atom is 0.329 e. The summed E-state index contributed by atoms with van der Waals surface area (Å²) >= 11 is 0. The Morgan fingerprint density at radius 2 is 1.77 bits per heavy atom. The second-order valence-corrected chi connectivity index (χ2v) is 8.13. The fourth-order valence-electron chi connectivity index (χ4n) is 4.07. The summed E-state index contributed by atoms with van der Waals surface area (Å²) in [6.45, 7) is 4.16. The van der Waals surface area contributed by atoms with Gasteiger partial charge >= 0.3 is 5.69 Å². The molecule has 2 aliphatic rings. The third kappa shape index (κ3) is 4.96. The SMILES string of the molecule is CN1CCN(c2ccc(Nc3ncc([N+](=O)[O-])c(NC4CCCCC4)n3)cc2)CC1. The number of nitro groups is 1. The van der Waals surface area contributed by atoms with Crippen LogP contribution in [0.5, 0.6) is 0 Å². The van der Waals surface area contributed by atoms with Crippen molar-refractivity contribution in [3.8, 4) is 0 Å². The number of hydrogen-bond donors (Lipinski definition) is 2. The molecule has 0 spiro atoms. The zero-order chi connectivity index (χ0) is 20.9. The molecule has 0 radical (unpaired) electrons. The van der Waals surface area contributed by atoms with Gasteiger partial charge in [-0.3, -0.25) is 10.1 Å². The van der Waals surface area contributed by atoms with E-state index in [9.17, 15) is 10.1 Å². The molecule has 2 aromatic rings. The Balaban J connectivity index is 1.45. The van der Waals surface area contributed by atoms with Gasteiger partial charge in [-0.25, -0.2) is 4.98 Å². The van der Waals surface area contributed by atoms with Gasteiger partial charge in [0.25, 0.3) is 0 Å². The van der Waals surface area contributed by atoms with E-state index in [1.807, 2.05) is 12.1 Å². The molecule has 1 aromatic carbocycles. The van der Waals surface area contributed by atoms with E-state index in [0.29, 0.717) is 11.8 Å². The van der Waals surface area contributed by atoms with Crippen molar-refractivity contribution in [1.82, 2.24) is 14.9 Å². The Bertz CT molecular complexity index is 860. The van der Waals surface area contributed by atoms with Gasteiger partial charge in [-0.2, -0.15) is 4.98 Å². The molecule has 160 valence electrons. The van der Waals surface area contributed by atoms with E-state index in [2.05, 4.69) is 49.6 Å². The fourth-order valence-corrected chi connectivity index (χ4v) is 4.07. The van der Waals surface area contributed by atoms with Crippen LogP contribution in [-0.2, 0) is 0 Å². The Labute approximate surface area is 176 Å². The van der Waals surface area contributed by atoms with E-state index in [4.69, 9.17) is 0 Å². The van der Waals surface area contributed by atoms with Crippen LogP contribution < -0.4 is 15.5 Å². The van der Waals surface area contributed by atoms with E-state index in [1.54, 1.807) is 0 Å². The minimum Gasteiger partial charge on any atom is -0.369 e. The summed E-state index contributed by atoms with van der Waals surface area (Å²) in [5, 5.41) is 17.8. The maximum absolute atomic E-state index is 11.4. The Hall–Kier alpha value is -2.94. The molecule has 0 amide bonds. The summed E-state index contributed by atoms with van der Waals surface area (Å²) in [5.41, 5.74) is 1.96. The average molecular weight is 412 g/mol. The van der Waals surface area contributed by atoms with Crippen molar-refractivity contribution in [3.05, 3.63) is 40.6 Å². The van der Waals surface area contributed by atoms with E-state index >= 15 is 0 Å². The van der Waals surface area contributed by atoms with Gasteiger partial charge in [0.05, 0.1) is 4.92 Å². The van der Waals surface area contributed by atoms with E-state index in [-0.39, 0.29) is 11.7 Å². The Kier molecular flexibility index (Phi) is 6.27. The molecule has 1 aromatic heterocycles. The van der Waals surface area contributed by atoms with Crippen LogP contribution in [0.15, 0.2) is 30.5 Å². The highest BCUT2D eigenvalue weighted by molar-refractivity contribution is 5.63. The molecule has 1 aliphatic carbocycles. The van der Waals surface area contributed by atoms with Crippen LogP contribution in [0.3, 0.4) is 0 Å². The molecule has 2 heterocycles. The fraction of sp³-hybridized carbons (Fsp3) is 0.524. The summed E-state index contributed by atoms with van der Waals surface area (Å²) in [5.74, 6) is 0.643. The minimum atomic E-state index is -0.431. The summed E-state index contributed by atoms with van der Waals surface area (Å²) in [4.78, 5) is 24.2. The number of nitrogens with one attached hydrogen (secondary N) is 2. The first-order valence-corrected chi connectivity index (χ1v) is 10.7. The smallest absolute Gasteiger partial charge is 0.329 e. The minimum absolute atomic E-state index is 0.0865. The first-order chi connectivity index (χ1) is 14.6. The number of anilines is 4. The molecule has 4 rings (SSSR count). The molecule has 2 N–H and O–H groups in total. The normalized spacial score (nSPS) is 18.2. The predicted octanol–water partition coefficient (Wildman–Crippen LogP) is 3.62. The van der Waals surface area contributed by atoms with Crippen molar-refractivity contribution in [2.75, 3.05) is 48.8 Å². The number of likely N-dealkylation sites (N-methyl/N-ethyl adjacent to an activating group) is 1. The van der Waals surface area contributed by atoms with Gasteiger partial charge in [0, 0.05) is 43.6 Å². The molecule has 2 fully saturated rings. The third-order valence-corrected chi connectivity index (χ3v) is 5.90. The predicted molar refractivity (Wildman–Crippen MR) is 119 cm³/mol. The molecule has 1 saturated heterocycles. The van der Waals surface area contributed by atoms with Gasteiger partial charge in [-0.05, 0) is 44.2 Å². The van der Waals surface area contributed by atoms with Crippen LogP contribution >= 0.6 is 0 Å². The van der Waals surface area contributed by atoms with Gasteiger partial charge in [-0.15, -0.1) is 0 Å². The summed E-state index contributed by atoms with van der Waals surface area (Å²) in [6, 6.07) is 8.38. The zero-order valence-electron chi connectivity index (χ0n) is 17.4. The van der Waals surface area contributed by atoms with Crippen LogP contribution in [0.2, 0.25) is 0 Å². The molecule has 9 nitrogen and oxygen atoms in total. The van der Waals surface area contributed by atoms with Crippen LogP contribution in [0.25, 0.3) is 0 Å². The van der Waals surface area contributed by atoms with E-state index in [0.717, 1.165) is 57.5 Å². The first kappa shape index (κ1) is 20.3. The third-order valence-electron chi connectivity index (χ3n) is 5.90. The second kappa shape index (κ2) is 9.25. The van der Waals surface area contributed by atoms with Crippen molar-refractivity contribution < 1.29 is 4.92 Å². The summed E-state index contributed by atoms with van der Waals surface area (Å²) in [7, 11) is 2.14. The lowest BCUT2D eigenvalue weighted by atomic mass is 9.95. The van der Waals surface area contributed by atoms with Crippen molar-refractivity contribution in [2.24, 2.45) is 0 Å². The highest BCUT2D eigenvalue weighted by atomic mass is 16.6. The van der Waals surface area contributed by atoms with Crippen molar-refractivity contribution in [3.63, 3.8) is 0 Å². The molecule has 30 heavy (non-hydrogen) atoms. The van der Waals surface area contributed by atoms with Crippen LogP contribution in [0.1, 0.15) is 32.1 Å². The van der Waals surface area contributed by atoms with Gasteiger partial charge < -0.3 is 20.4 Å². The number of benzene rings is 1. The quantitative estimate of drug-likeness (QED) is 0.549. The average Bonchev–Trinajstić information content (AvgIpc) is 2.76. The second-order valence-electron chi connectivity index (χ2n) is 8.13. The van der Waals surface area contributed by atoms with Crippen molar-refractivity contribution in [1.29, 1.82) is 0 Å². The molecular formula is C21H29N7O2. The lowest BCUT2D eigenvalue weighted by molar-refractivity contribution is -0.384. The highest BCUT2D eigenvalue weighted by Crippen LogP contribution is 2.28. The highest BCUT2D eigenvalue weighted by Gasteiger charge is 2.22. The lowest BCUT2D eigenvalue weighted by Crippen LogP contribution is -2.44. The zero-order valence-corrected chi connectivity index (χ0v) is 17.4. The topological polar surface area (TPSA) is 99.5 Å². The van der Waals surface area contributed by atoms with E-state index < -0.39 is 4.92 Å². The molecule has 0 atom stereocenters. The number of aromatic nitrogens is 2. The first-order valence-electron chi connectivity index (χ1n) is 10.7. The summed E-state index contributed by atoms with van der Waals surface area (Å²) in [6.07, 6.45) is 6.80. The number of rotatable bonds is 6. The van der Waals surface area contributed by atoms with Gasteiger partial charge in [0.1, 0.15) is 6.20 Å². The van der Waals surface area contributed by atoms with Crippen LogP contribution in [0.4, 0.5) is 28.8 Å². The number of piperazine rings is 1. The van der Waals surface area contributed by atoms with Gasteiger partial charge in [0.2, 0.25) is 11.8 Å². The van der Waals surface area contributed by atoms with E-state index in [1.165, 1.54) is 18.3 Å². The number of hydrogen-bond acceptors (Lipinski definition) is 8. The van der Waals surface area contributed by atoms with Gasteiger partial charge in [0.15, 0.2) is 0 Å². The molecular weight excluding hydrogens is 382 g/mol. The van der Waals surface area contributed by atoms with Gasteiger partial charge in [-0.1, -0.05) is 19.3 Å².